The Balaban J connectivity index is 2.21. The Morgan fingerprint density at radius 3 is 2.80 bits per heavy atom. The Hall–Kier alpha value is -2.98. The van der Waals surface area contributed by atoms with Crippen molar-refractivity contribution in [1.82, 2.24) is 9.61 Å². The zero-order chi connectivity index (χ0) is 17.8. The largest absolute Gasteiger partial charge is 0.291 e. The van der Waals surface area contributed by atoms with Gasteiger partial charge in [0.05, 0.1) is 17.1 Å². The molecule has 0 bridgehead atoms. The summed E-state index contributed by atoms with van der Waals surface area (Å²) in [6.07, 6.45) is 0.693. The SMILES string of the molecule is CCc1ccc2c(-c3cccc(C#N)c3)c3c(nn12)C(=O)CS3(=O)=O. The summed E-state index contributed by atoms with van der Waals surface area (Å²) < 4.78 is 26.8. The molecule has 6 nitrogen and oxygen atoms in total. The number of sulfone groups is 1. The van der Waals surface area contributed by atoms with Gasteiger partial charge in [-0.15, -0.1) is 0 Å². The molecule has 0 saturated carbocycles. The van der Waals surface area contributed by atoms with E-state index in [4.69, 9.17) is 5.26 Å². The van der Waals surface area contributed by atoms with Gasteiger partial charge in [0.2, 0.25) is 0 Å². The van der Waals surface area contributed by atoms with E-state index < -0.39 is 21.4 Å². The van der Waals surface area contributed by atoms with Gasteiger partial charge in [0.25, 0.3) is 0 Å². The van der Waals surface area contributed by atoms with Gasteiger partial charge < -0.3 is 0 Å². The minimum atomic E-state index is -3.75. The summed E-state index contributed by atoms with van der Waals surface area (Å²) >= 11 is 0. The first-order valence-corrected chi connectivity index (χ1v) is 9.42. The van der Waals surface area contributed by atoms with Gasteiger partial charge in [0, 0.05) is 11.3 Å². The third-order valence-corrected chi connectivity index (χ3v) is 6.03. The van der Waals surface area contributed by atoms with Gasteiger partial charge in [-0.1, -0.05) is 19.1 Å². The van der Waals surface area contributed by atoms with Crippen molar-refractivity contribution in [1.29, 1.82) is 5.26 Å². The van der Waals surface area contributed by atoms with E-state index in [1.165, 1.54) is 0 Å². The molecule has 3 aromatic rings. The molecule has 2 aromatic heterocycles. The maximum Gasteiger partial charge on any atom is 0.199 e. The average molecular weight is 351 g/mol. The van der Waals surface area contributed by atoms with Crippen LogP contribution in [0.2, 0.25) is 0 Å². The summed E-state index contributed by atoms with van der Waals surface area (Å²) in [4.78, 5) is 12.2. The molecule has 0 atom stereocenters. The van der Waals surface area contributed by atoms with Crippen molar-refractivity contribution >= 4 is 21.1 Å². The Kier molecular flexibility index (Phi) is 3.27. The molecule has 0 fully saturated rings. The van der Waals surface area contributed by atoms with E-state index >= 15 is 0 Å². The average Bonchev–Trinajstić information content (AvgIpc) is 3.11. The number of aryl methyl sites for hydroxylation is 1. The van der Waals surface area contributed by atoms with Gasteiger partial charge in [-0.25, -0.2) is 12.9 Å². The molecule has 1 aromatic carbocycles. The topological polar surface area (TPSA) is 92.3 Å². The summed E-state index contributed by atoms with van der Waals surface area (Å²) in [6.45, 7) is 1.96. The van der Waals surface area contributed by atoms with Crippen molar-refractivity contribution < 1.29 is 13.2 Å². The number of Topliss-reactive ketones (excluding diaryl/α,β-unsaturated/α-hetero) is 1. The van der Waals surface area contributed by atoms with Crippen LogP contribution in [-0.4, -0.2) is 29.6 Å². The Bertz CT molecular complexity index is 1200. The lowest BCUT2D eigenvalue weighted by atomic mass is 10.0. The molecule has 0 saturated heterocycles. The monoisotopic (exact) mass is 351 g/mol. The molecule has 124 valence electrons. The number of nitrogens with zero attached hydrogens (tertiary/aromatic N) is 3. The fourth-order valence-electron chi connectivity index (χ4n) is 3.25. The third-order valence-electron chi connectivity index (χ3n) is 4.37. The number of nitriles is 1. The molecule has 0 N–H and O–H groups in total. The Labute approximate surface area is 144 Å². The van der Waals surface area contributed by atoms with Gasteiger partial charge in [-0.3, -0.25) is 4.79 Å². The molecule has 3 heterocycles. The summed E-state index contributed by atoms with van der Waals surface area (Å²) in [5, 5.41) is 13.5. The number of benzene rings is 1. The normalized spacial score (nSPS) is 15.3. The number of ketones is 1. The van der Waals surface area contributed by atoms with E-state index in [0.717, 1.165) is 5.69 Å². The van der Waals surface area contributed by atoms with Crippen molar-refractivity contribution in [2.45, 2.75) is 18.2 Å². The van der Waals surface area contributed by atoms with Gasteiger partial charge in [-0.2, -0.15) is 10.4 Å². The van der Waals surface area contributed by atoms with E-state index in [1.54, 1.807) is 34.8 Å². The first-order valence-electron chi connectivity index (χ1n) is 7.77. The lowest BCUT2D eigenvalue weighted by molar-refractivity contribution is 0.101. The summed E-state index contributed by atoms with van der Waals surface area (Å²) in [7, 11) is -3.75. The van der Waals surface area contributed by atoms with Crippen LogP contribution in [0.5, 0.6) is 0 Å². The number of aromatic nitrogens is 2. The second-order valence-corrected chi connectivity index (χ2v) is 7.83. The van der Waals surface area contributed by atoms with Crippen LogP contribution in [-0.2, 0) is 16.3 Å². The number of rotatable bonds is 2. The van der Waals surface area contributed by atoms with Crippen LogP contribution in [0.1, 0.15) is 28.7 Å². The lowest BCUT2D eigenvalue weighted by Crippen LogP contribution is -2.07. The van der Waals surface area contributed by atoms with Crippen molar-refractivity contribution in [3.63, 3.8) is 0 Å². The summed E-state index contributed by atoms with van der Waals surface area (Å²) in [5.41, 5.74) is 2.92. The van der Waals surface area contributed by atoms with Crippen LogP contribution in [0.15, 0.2) is 41.3 Å². The number of fused-ring (bicyclic) bond motifs is 2. The molecule has 1 aliphatic rings. The van der Waals surface area contributed by atoms with Crippen LogP contribution in [0.25, 0.3) is 16.6 Å². The standard InChI is InChI=1S/C18H13N3O3S/c1-2-13-6-7-14-16(12-5-3-4-11(8-12)9-19)18-17(20-21(13)14)15(22)10-25(18,23)24/h3-8H,2,10H2,1H3. The van der Waals surface area contributed by atoms with Crippen LogP contribution in [0.3, 0.4) is 0 Å². The lowest BCUT2D eigenvalue weighted by Gasteiger charge is -2.11. The van der Waals surface area contributed by atoms with E-state index in [0.29, 0.717) is 28.6 Å². The Morgan fingerprint density at radius 2 is 2.08 bits per heavy atom. The first kappa shape index (κ1) is 15.5. The van der Waals surface area contributed by atoms with Crippen LogP contribution >= 0.6 is 0 Å². The molecule has 0 spiro atoms. The quantitative estimate of drug-likeness (QED) is 0.707. The van der Waals surface area contributed by atoms with Crippen molar-refractivity contribution in [2.75, 3.05) is 5.75 Å². The number of carbonyl (C=O) groups is 1. The van der Waals surface area contributed by atoms with Crippen molar-refractivity contribution in [3.05, 3.63) is 53.3 Å². The molecule has 0 radical (unpaired) electrons. The highest BCUT2D eigenvalue weighted by Crippen LogP contribution is 2.38. The fourth-order valence-corrected chi connectivity index (χ4v) is 4.86. The molecule has 0 amide bonds. The van der Waals surface area contributed by atoms with E-state index in [9.17, 15) is 13.2 Å². The number of hydrogen-bond acceptors (Lipinski definition) is 5. The molecular weight excluding hydrogens is 338 g/mol. The van der Waals surface area contributed by atoms with Crippen molar-refractivity contribution in [2.24, 2.45) is 0 Å². The maximum atomic E-state index is 12.6. The molecule has 1 aliphatic heterocycles. The van der Waals surface area contributed by atoms with E-state index in [-0.39, 0.29) is 10.6 Å². The highest BCUT2D eigenvalue weighted by atomic mass is 32.2. The zero-order valence-electron chi connectivity index (χ0n) is 13.4. The van der Waals surface area contributed by atoms with Crippen LogP contribution < -0.4 is 0 Å². The highest BCUT2D eigenvalue weighted by Gasteiger charge is 2.39. The van der Waals surface area contributed by atoms with Gasteiger partial charge in [-0.05, 0) is 36.2 Å². The number of hydrogen-bond donors (Lipinski definition) is 0. The van der Waals surface area contributed by atoms with E-state index in [2.05, 4.69) is 11.2 Å². The minimum absolute atomic E-state index is 0.0178. The maximum absolute atomic E-state index is 12.6. The third kappa shape index (κ3) is 2.18. The predicted molar refractivity (Wildman–Crippen MR) is 91.1 cm³/mol. The van der Waals surface area contributed by atoms with E-state index in [1.807, 2.05) is 13.0 Å². The zero-order valence-corrected chi connectivity index (χ0v) is 14.2. The predicted octanol–water partition coefficient (Wildman–Crippen LogP) is 2.41. The molecule has 0 aliphatic carbocycles. The summed E-state index contributed by atoms with van der Waals surface area (Å²) in [5.74, 6) is -1.06. The molecule has 7 heteroatoms. The second kappa shape index (κ2) is 5.26. The highest BCUT2D eigenvalue weighted by molar-refractivity contribution is 7.93. The second-order valence-electron chi connectivity index (χ2n) is 5.90. The molecule has 25 heavy (non-hydrogen) atoms. The Morgan fingerprint density at radius 1 is 1.28 bits per heavy atom. The smallest absolute Gasteiger partial charge is 0.199 e. The van der Waals surface area contributed by atoms with Crippen molar-refractivity contribution in [3.8, 4) is 17.2 Å². The first-order chi connectivity index (χ1) is 12.0. The van der Waals surface area contributed by atoms with Gasteiger partial charge in [0.15, 0.2) is 15.6 Å². The van der Waals surface area contributed by atoms with Gasteiger partial charge in [0.1, 0.15) is 16.3 Å². The van der Waals surface area contributed by atoms with Crippen LogP contribution in [0.4, 0.5) is 0 Å². The summed E-state index contributed by atoms with van der Waals surface area (Å²) in [6, 6.07) is 12.5. The molecular formula is C18H13N3O3S. The fraction of sp³-hybridized carbons (Fsp3) is 0.167. The van der Waals surface area contributed by atoms with Crippen LogP contribution in [0, 0.1) is 11.3 Å². The minimum Gasteiger partial charge on any atom is -0.291 e. The number of carbonyl (C=O) groups excluding carboxylic acids is 1. The molecule has 0 unspecified atom stereocenters. The molecule has 4 rings (SSSR count). The van der Waals surface area contributed by atoms with Gasteiger partial charge >= 0.3 is 0 Å².